The van der Waals surface area contributed by atoms with Crippen molar-refractivity contribution in [3.8, 4) is 17.3 Å². The molecule has 0 saturated heterocycles. The third-order valence-electron chi connectivity index (χ3n) is 6.76. The molecule has 5 aromatic heterocycles. The Balaban J connectivity index is 1.30. The molecule has 5 heterocycles. The van der Waals surface area contributed by atoms with Gasteiger partial charge in [0, 0.05) is 37.9 Å². The summed E-state index contributed by atoms with van der Waals surface area (Å²) in [5.41, 5.74) is 4.63. The number of pyridine rings is 1. The van der Waals surface area contributed by atoms with Gasteiger partial charge in [0.2, 0.25) is 5.88 Å². The zero-order chi connectivity index (χ0) is 23.4. The largest absolute Gasteiger partial charge is 0.473 e. The molecule has 1 saturated carbocycles. The average molecular weight is 460 g/mol. The minimum atomic E-state index is -0.138. The van der Waals surface area contributed by atoms with Crippen molar-refractivity contribution in [1.29, 1.82) is 0 Å². The maximum absolute atomic E-state index is 12.6. The van der Waals surface area contributed by atoms with Gasteiger partial charge in [-0.3, -0.25) is 14.2 Å². The predicted molar refractivity (Wildman–Crippen MR) is 126 cm³/mol. The molecule has 0 aliphatic heterocycles. The fourth-order valence-electron chi connectivity index (χ4n) is 5.03. The number of hydrogen-bond acceptors (Lipinski definition) is 7. The van der Waals surface area contributed by atoms with E-state index in [4.69, 9.17) is 9.72 Å². The van der Waals surface area contributed by atoms with Crippen molar-refractivity contribution >= 4 is 22.3 Å². The van der Waals surface area contributed by atoms with Gasteiger partial charge in [-0.1, -0.05) is 0 Å². The molecule has 1 fully saturated rings. The van der Waals surface area contributed by atoms with Crippen molar-refractivity contribution < 1.29 is 4.74 Å². The molecule has 174 valence electrons. The zero-order valence-electron chi connectivity index (χ0n) is 19.3. The number of nitrogens with one attached hydrogen (secondary N) is 1. The number of rotatable bonds is 5. The molecule has 1 aliphatic rings. The van der Waals surface area contributed by atoms with Crippen LogP contribution in [0.1, 0.15) is 37.9 Å². The second-order valence-electron chi connectivity index (χ2n) is 8.68. The van der Waals surface area contributed by atoms with E-state index in [-0.39, 0.29) is 17.8 Å². The van der Waals surface area contributed by atoms with E-state index < -0.39 is 0 Å². The first kappa shape index (κ1) is 20.6. The highest BCUT2D eigenvalue weighted by atomic mass is 16.5. The van der Waals surface area contributed by atoms with Gasteiger partial charge in [-0.05, 0) is 38.8 Å². The van der Waals surface area contributed by atoms with E-state index in [0.717, 1.165) is 42.0 Å². The zero-order valence-corrected chi connectivity index (χ0v) is 19.3. The fourth-order valence-corrected chi connectivity index (χ4v) is 5.03. The van der Waals surface area contributed by atoms with Crippen LogP contribution in [0, 0.1) is 6.92 Å². The number of aromatic nitrogens is 9. The molecular weight excluding hydrogens is 434 g/mol. The van der Waals surface area contributed by atoms with Crippen molar-refractivity contribution in [2.24, 2.45) is 7.05 Å². The van der Waals surface area contributed by atoms with Gasteiger partial charge in [0.05, 0.1) is 17.3 Å². The number of imidazole rings is 2. The van der Waals surface area contributed by atoms with E-state index in [0.29, 0.717) is 29.1 Å². The summed E-state index contributed by atoms with van der Waals surface area (Å²) in [7, 11) is 1.94. The summed E-state index contributed by atoms with van der Waals surface area (Å²) in [6.45, 7) is 4.89. The van der Waals surface area contributed by atoms with Crippen LogP contribution < -0.4 is 10.4 Å². The van der Waals surface area contributed by atoms with Crippen LogP contribution in [0.2, 0.25) is 0 Å². The van der Waals surface area contributed by atoms with Crippen LogP contribution in [0.5, 0.6) is 5.88 Å². The molecule has 0 radical (unpaired) electrons. The van der Waals surface area contributed by atoms with Crippen molar-refractivity contribution in [2.45, 2.75) is 51.8 Å². The maximum atomic E-state index is 12.6. The normalized spacial score (nSPS) is 18.3. The summed E-state index contributed by atoms with van der Waals surface area (Å²) in [5, 5.41) is 4.45. The fraction of sp³-hybridized carbons (Fsp3) is 0.391. The van der Waals surface area contributed by atoms with Crippen LogP contribution in [0.25, 0.3) is 33.7 Å². The Morgan fingerprint density at radius 2 is 2.12 bits per heavy atom. The highest BCUT2D eigenvalue weighted by Crippen LogP contribution is 2.35. The van der Waals surface area contributed by atoms with Crippen LogP contribution in [0.4, 0.5) is 0 Å². The molecule has 6 rings (SSSR count). The van der Waals surface area contributed by atoms with E-state index in [1.54, 1.807) is 10.8 Å². The molecule has 0 amide bonds. The number of aromatic amines is 1. The van der Waals surface area contributed by atoms with Gasteiger partial charge >= 0.3 is 5.69 Å². The van der Waals surface area contributed by atoms with Crippen LogP contribution in [0.15, 0.2) is 35.6 Å². The van der Waals surface area contributed by atoms with E-state index in [1.165, 1.54) is 6.33 Å². The highest BCUT2D eigenvalue weighted by molar-refractivity contribution is 5.81. The summed E-state index contributed by atoms with van der Waals surface area (Å²) in [6, 6.07) is 3.80. The Labute approximate surface area is 194 Å². The number of fused-ring (bicyclic) bond motifs is 2. The van der Waals surface area contributed by atoms with Gasteiger partial charge in [0.1, 0.15) is 18.3 Å². The number of aryl methyl sites for hydroxylation is 2. The number of H-pyrrole nitrogens is 1. The maximum Gasteiger partial charge on any atom is 0.327 e. The second-order valence-corrected chi connectivity index (χ2v) is 8.68. The minimum Gasteiger partial charge on any atom is -0.473 e. The van der Waals surface area contributed by atoms with Gasteiger partial charge in [0.15, 0.2) is 16.8 Å². The quantitative estimate of drug-likeness (QED) is 0.429. The van der Waals surface area contributed by atoms with Crippen LogP contribution in [-0.2, 0) is 13.6 Å². The third kappa shape index (κ3) is 3.11. The predicted octanol–water partition coefficient (Wildman–Crippen LogP) is 2.77. The Morgan fingerprint density at radius 3 is 2.94 bits per heavy atom. The molecule has 11 nitrogen and oxygen atoms in total. The molecule has 0 unspecified atom stereocenters. The summed E-state index contributed by atoms with van der Waals surface area (Å²) >= 11 is 0. The van der Waals surface area contributed by atoms with E-state index in [2.05, 4.69) is 32.0 Å². The van der Waals surface area contributed by atoms with Gasteiger partial charge in [-0.15, -0.1) is 0 Å². The monoisotopic (exact) mass is 459 g/mol. The van der Waals surface area contributed by atoms with Crippen molar-refractivity contribution in [3.63, 3.8) is 0 Å². The molecule has 0 spiro atoms. The lowest BCUT2D eigenvalue weighted by atomic mass is 10.2. The first-order valence-corrected chi connectivity index (χ1v) is 11.5. The first-order chi connectivity index (χ1) is 16.5. The summed E-state index contributed by atoms with van der Waals surface area (Å²) in [4.78, 5) is 33.4. The van der Waals surface area contributed by atoms with Crippen molar-refractivity contribution in [1.82, 2.24) is 43.8 Å². The van der Waals surface area contributed by atoms with Gasteiger partial charge < -0.3 is 9.30 Å². The lowest BCUT2D eigenvalue weighted by molar-refractivity contribution is 0.198. The molecule has 2 atom stereocenters. The molecular formula is C23H25N9O2. The van der Waals surface area contributed by atoms with Gasteiger partial charge in [-0.2, -0.15) is 10.1 Å². The van der Waals surface area contributed by atoms with Crippen LogP contribution in [-0.4, -0.2) is 49.9 Å². The Morgan fingerprint density at radius 1 is 1.24 bits per heavy atom. The smallest absolute Gasteiger partial charge is 0.327 e. The summed E-state index contributed by atoms with van der Waals surface area (Å²) < 4.78 is 12.0. The lowest BCUT2D eigenvalue weighted by Crippen LogP contribution is -2.22. The molecule has 0 aromatic carbocycles. The van der Waals surface area contributed by atoms with E-state index in [9.17, 15) is 4.79 Å². The Bertz CT molecular complexity index is 1570. The second kappa shape index (κ2) is 7.79. The van der Waals surface area contributed by atoms with Crippen molar-refractivity contribution in [3.05, 3.63) is 47.0 Å². The van der Waals surface area contributed by atoms with Crippen LogP contribution >= 0.6 is 0 Å². The topological polar surface area (TPSA) is 121 Å². The standard InChI is InChI=1S/C23H25N9O2/c1-4-31-13(2)16(11-27-31)20-28-18-21(30(20)3)25-12-26-22(18)34-15-8-7-14(10-15)32-17-6-5-9-24-19(17)29-23(32)33/h5-6,9,11-12,14-15H,4,7-8,10H2,1-3H3,(H,24,29,33)/t14-,15+/m1/s1. The first-order valence-electron chi connectivity index (χ1n) is 11.5. The van der Waals surface area contributed by atoms with E-state index in [1.807, 2.05) is 41.5 Å². The summed E-state index contributed by atoms with van der Waals surface area (Å²) in [5.74, 6) is 1.24. The number of ether oxygens (including phenoxy) is 1. The Hall–Kier alpha value is -4.02. The molecule has 1 N–H and O–H groups in total. The summed E-state index contributed by atoms with van der Waals surface area (Å²) in [6.07, 6.45) is 7.30. The number of hydrogen-bond donors (Lipinski definition) is 1. The third-order valence-corrected chi connectivity index (χ3v) is 6.76. The Kier molecular flexibility index (Phi) is 4.71. The highest BCUT2D eigenvalue weighted by Gasteiger charge is 2.31. The van der Waals surface area contributed by atoms with E-state index >= 15 is 0 Å². The lowest BCUT2D eigenvalue weighted by Gasteiger charge is -2.14. The van der Waals surface area contributed by atoms with Gasteiger partial charge in [-0.25, -0.2) is 19.7 Å². The molecule has 1 aliphatic carbocycles. The molecule has 5 aromatic rings. The van der Waals surface area contributed by atoms with Gasteiger partial charge in [0.25, 0.3) is 0 Å². The molecule has 11 heteroatoms. The average Bonchev–Trinajstić information content (AvgIpc) is 3.59. The molecule has 0 bridgehead atoms. The minimum absolute atomic E-state index is 0.0367. The SMILES string of the molecule is CCn1ncc(-c2nc3c(O[C@H]4CC[C@@H](n5c(=O)[nH]c6ncccc65)C4)ncnc3n2C)c1C. The van der Waals surface area contributed by atoms with Crippen LogP contribution in [0.3, 0.4) is 0 Å². The molecule has 34 heavy (non-hydrogen) atoms. The number of nitrogens with zero attached hydrogens (tertiary/aromatic N) is 8. The van der Waals surface area contributed by atoms with Crippen molar-refractivity contribution in [2.75, 3.05) is 0 Å².